The van der Waals surface area contributed by atoms with Gasteiger partial charge in [-0.3, -0.25) is 0 Å². The Morgan fingerprint density at radius 3 is 0.741 bits per heavy atom. The van der Waals surface area contributed by atoms with Gasteiger partial charge in [0, 0.05) is 0 Å². The van der Waals surface area contributed by atoms with Gasteiger partial charge in [0.05, 0.1) is 0 Å². The molecule has 3 heteroatoms. The molecular weight excluding hydrogens is 479 g/mol. The summed E-state index contributed by atoms with van der Waals surface area (Å²) in [4.78, 5) is 0. The topological polar surface area (TPSA) is 0 Å². The molecule has 0 atom stereocenters. The van der Waals surface area contributed by atoms with Gasteiger partial charge in [0.15, 0.2) is 0 Å². The first-order chi connectivity index (χ1) is 12.7. The minimum absolute atomic E-state index is 0. The van der Waals surface area contributed by atoms with Crippen LogP contribution in [0.1, 0.15) is 0 Å². The quantitative estimate of drug-likeness (QED) is 0.314. The average Bonchev–Trinajstić information content (AvgIpc) is 2.76. The molecule has 0 unspecified atom stereocenters. The third-order valence-electron chi connectivity index (χ3n) is 4.96. The predicted octanol–water partition coefficient (Wildman–Crippen LogP) is 5.73. The van der Waals surface area contributed by atoms with Crippen LogP contribution in [0, 0.1) is 0 Å². The van der Waals surface area contributed by atoms with Crippen molar-refractivity contribution >= 4 is 59.0 Å². The van der Waals surface area contributed by atoms with Crippen molar-refractivity contribution in [1.29, 1.82) is 0 Å². The van der Waals surface area contributed by atoms with Crippen LogP contribution in [0.15, 0.2) is 121 Å². The summed E-state index contributed by atoms with van der Waals surface area (Å²) in [6.45, 7) is 0. The molecule has 0 N–H and O–H groups in total. The molecule has 0 fully saturated rings. The summed E-state index contributed by atoms with van der Waals surface area (Å²) in [7, 11) is 0. The van der Waals surface area contributed by atoms with E-state index in [1.54, 1.807) is 0 Å². The van der Waals surface area contributed by atoms with E-state index in [0.29, 0.717) is 0 Å². The van der Waals surface area contributed by atoms with Gasteiger partial charge < -0.3 is 0 Å². The molecule has 0 nitrogen and oxygen atoms in total. The fourth-order valence-electron chi connectivity index (χ4n) is 3.73. The van der Waals surface area contributed by atoms with Crippen molar-refractivity contribution < 1.29 is 0 Å². The van der Waals surface area contributed by atoms with Crippen molar-refractivity contribution in [3.05, 3.63) is 121 Å². The average molecular weight is 500 g/mol. The molecule has 0 amide bonds. The fraction of sp³-hybridized carbons (Fsp3) is 0. The van der Waals surface area contributed by atoms with E-state index >= 15 is 0 Å². The summed E-state index contributed by atoms with van der Waals surface area (Å²) in [6.07, 6.45) is 0. The van der Waals surface area contributed by atoms with E-state index in [1.165, 1.54) is 21.2 Å². The van der Waals surface area contributed by atoms with E-state index in [1.807, 2.05) is 0 Å². The van der Waals surface area contributed by atoms with Gasteiger partial charge in [-0.1, -0.05) is 0 Å². The van der Waals surface area contributed by atoms with Crippen molar-refractivity contribution in [3.63, 3.8) is 0 Å². The zero-order valence-electron chi connectivity index (χ0n) is 14.8. The zero-order valence-corrected chi connectivity index (χ0v) is 19.0. The van der Waals surface area contributed by atoms with E-state index in [0.717, 1.165) is 0 Å². The molecule has 0 heterocycles. The molecule has 0 bridgehead atoms. The second-order valence-electron chi connectivity index (χ2n) is 6.35. The van der Waals surface area contributed by atoms with Gasteiger partial charge in [-0.15, -0.1) is 17.0 Å². The van der Waals surface area contributed by atoms with Crippen LogP contribution in [0.4, 0.5) is 0 Å². The fourth-order valence-corrected chi connectivity index (χ4v) is 11.3. The summed E-state index contributed by atoms with van der Waals surface area (Å²) < 4.78 is 0. The first-order valence-electron chi connectivity index (χ1n) is 8.71. The number of halogens is 2. The molecule has 0 aliphatic heterocycles. The van der Waals surface area contributed by atoms with Crippen molar-refractivity contribution in [1.82, 2.24) is 0 Å². The Hall–Kier alpha value is -1.73. The first-order valence-corrected chi connectivity index (χ1v) is 13.0. The van der Waals surface area contributed by atoms with Crippen LogP contribution in [-0.2, 0) is 0 Å². The van der Waals surface area contributed by atoms with Crippen molar-refractivity contribution in [3.8, 4) is 0 Å². The molecule has 27 heavy (non-hydrogen) atoms. The number of benzene rings is 4. The first kappa shape index (κ1) is 20.0. The van der Waals surface area contributed by atoms with Gasteiger partial charge in [0.2, 0.25) is 0 Å². The molecule has 0 aromatic heterocycles. The maximum absolute atomic E-state index is 4.46. The summed E-state index contributed by atoms with van der Waals surface area (Å²) in [5.74, 6) is 0. The molecule has 4 aromatic carbocycles. The Balaban J connectivity index is 0.00000210. The van der Waals surface area contributed by atoms with Crippen LogP contribution in [0.2, 0.25) is 0 Å². The van der Waals surface area contributed by atoms with Crippen molar-refractivity contribution in [2.75, 3.05) is 0 Å². The molecule has 0 spiro atoms. The SMILES string of the molecule is Br.BrP(c1ccccc1)(c1ccccc1)(c1ccccc1)c1ccccc1. The summed E-state index contributed by atoms with van der Waals surface area (Å²) >= 11 is 4.46. The number of rotatable bonds is 4. The van der Waals surface area contributed by atoms with Crippen LogP contribution >= 0.6 is 37.8 Å². The Bertz CT molecular complexity index is 818. The van der Waals surface area contributed by atoms with Crippen LogP contribution < -0.4 is 21.2 Å². The van der Waals surface area contributed by atoms with Crippen molar-refractivity contribution in [2.45, 2.75) is 0 Å². The molecule has 0 saturated carbocycles. The monoisotopic (exact) mass is 498 g/mol. The summed E-state index contributed by atoms with van der Waals surface area (Å²) in [5.41, 5.74) is 0. The Kier molecular flexibility index (Phi) is 6.01. The van der Waals surface area contributed by atoms with E-state index in [4.69, 9.17) is 0 Å². The standard InChI is InChI=1S/C24H20BrP.BrH/c25-26(21-13-5-1-6-14-21,22-15-7-2-8-16-22,23-17-9-3-10-18-23)24-19-11-4-12-20-24;/h1-20H;1H. The van der Waals surface area contributed by atoms with E-state index in [2.05, 4.69) is 137 Å². The Morgan fingerprint density at radius 2 is 0.556 bits per heavy atom. The van der Waals surface area contributed by atoms with Gasteiger partial charge in [-0.2, -0.15) is 0 Å². The molecule has 0 saturated heterocycles. The van der Waals surface area contributed by atoms with Crippen LogP contribution in [0.5, 0.6) is 0 Å². The van der Waals surface area contributed by atoms with Crippen LogP contribution in [-0.4, -0.2) is 0 Å². The molecule has 0 aliphatic carbocycles. The number of hydrogen-bond donors (Lipinski definition) is 0. The number of hydrogen-bond acceptors (Lipinski definition) is 0. The summed E-state index contributed by atoms with van der Waals surface area (Å²) in [6, 6.07) is 43.4. The third kappa shape index (κ3) is 3.10. The van der Waals surface area contributed by atoms with Gasteiger partial charge in [0.1, 0.15) is 0 Å². The minimum atomic E-state index is -3.00. The van der Waals surface area contributed by atoms with Gasteiger partial charge in [-0.05, 0) is 0 Å². The molecule has 0 aliphatic rings. The predicted molar refractivity (Wildman–Crippen MR) is 130 cm³/mol. The van der Waals surface area contributed by atoms with E-state index < -0.39 is 5.31 Å². The van der Waals surface area contributed by atoms with Gasteiger partial charge >= 0.3 is 163 Å². The van der Waals surface area contributed by atoms with E-state index in [-0.39, 0.29) is 17.0 Å². The second kappa shape index (κ2) is 8.10. The zero-order chi connectivity index (χ0) is 17.9. The third-order valence-corrected chi connectivity index (χ3v) is 15.0. The normalized spacial score (nSPS) is 12.4. The van der Waals surface area contributed by atoms with Crippen LogP contribution in [0.25, 0.3) is 0 Å². The Morgan fingerprint density at radius 1 is 0.370 bits per heavy atom. The molecule has 0 radical (unpaired) electrons. The Labute approximate surface area is 179 Å². The van der Waals surface area contributed by atoms with E-state index in [9.17, 15) is 0 Å². The van der Waals surface area contributed by atoms with Crippen LogP contribution in [0.3, 0.4) is 0 Å². The maximum atomic E-state index is 4.46. The van der Waals surface area contributed by atoms with Crippen molar-refractivity contribution in [2.24, 2.45) is 0 Å². The second-order valence-corrected chi connectivity index (χ2v) is 14.7. The van der Waals surface area contributed by atoms with Gasteiger partial charge in [-0.25, -0.2) is 0 Å². The molecular formula is C24H21Br2P. The molecule has 4 rings (SSSR count). The molecule has 136 valence electrons. The molecule has 4 aromatic rings. The summed E-state index contributed by atoms with van der Waals surface area (Å²) in [5, 5.41) is 2.23. The van der Waals surface area contributed by atoms with Gasteiger partial charge in [0.25, 0.3) is 0 Å².